The van der Waals surface area contributed by atoms with Crippen LogP contribution in [0.5, 0.6) is 0 Å². The van der Waals surface area contributed by atoms with E-state index in [9.17, 15) is 18.0 Å². The maximum absolute atomic E-state index is 12.5. The van der Waals surface area contributed by atoms with Gasteiger partial charge in [-0.25, -0.2) is 9.97 Å². The summed E-state index contributed by atoms with van der Waals surface area (Å²) in [6, 6.07) is 0.863. The predicted molar refractivity (Wildman–Crippen MR) is 79.5 cm³/mol. The first-order chi connectivity index (χ1) is 10.3. The van der Waals surface area contributed by atoms with Crippen LogP contribution in [0.3, 0.4) is 0 Å². The monoisotopic (exact) mass is 335 g/mol. The summed E-state index contributed by atoms with van der Waals surface area (Å²) in [6.07, 6.45) is 0.709. The molecule has 0 aliphatic carbocycles. The van der Waals surface area contributed by atoms with Crippen molar-refractivity contribution >= 4 is 17.7 Å². The Kier molecular flexibility index (Phi) is 7.64. The maximum atomic E-state index is 12.5. The molecule has 0 fully saturated rings. The Hall–Kier alpha value is -1.31. The molecule has 1 N–H and O–H groups in total. The highest BCUT2D eigenvalue weighted by Gasteiger charge is 2.32. The van der Waals surface area contributed by atoms with Gasteiger partial charge in [0.2, 0.25) is 5.91 Å². The first-order valence-corrected chi connectivity index (χ1v) is 8.14. The van der Waals surface area contributed by atoms with Gasteiger partial charge in [0.15, 0.2) is 5.16 Å². The number of carbonyl (C=O) groups excluding carboxylic acids is 1. The lowest BCUT2D eigenvalue weighted by atomic mass is 10.1. The van der Waals surface area contributed by atoms with E-state index in [0.29, 0.717) is 0 Å². The molecule has 0 bridgehead atoms. The van der Waals surface area contributed by atoms with Crippen molar-refractivity contribution in [3.05, 3.63) is 18.0 Å². The third-order valence-electron chi connectivity index (χ3n) is 2.90. The van der Waals surface area contributed by atoms with Crippen molar-refractivity contribution in [3.63, 3.8) is 0 Å². The lowest BCUT2D eigenvalue weighted by Crippen LogP contribution is -2.33. The number of hydrogen-bond acceptors (Lipinski definition) is 4. The van der Waals surface area contributed by atoms with E-state index < -0.39 is 11.9 Å². The van der Waals surface area contributed by atoms with E-state index in [1.165, 1.54) is 0 Å². The highest BCUT2D eigenvalue weighted by atomic mass is 32.2. The first kappa shape index (κ1) is 18.7. The number of unbranched alkanes of at least 4 members (excludes halogenated alkanes) is 2. The van der Waals surface area contributed by atoms with Crippen molar-refractivity contribution in [1.29, 1.82) is 0 Å². The van der Waals surface area contributed by atoms with Gasteiger partial charge in [0.1, 0.15) is 5.69 Å². The van der Waals surface area contributed by atoms with Crippen molar-refractivity contribution in [2.75, 3.05) is 5.75 Å². The van der Waals surface area contributed by atoms with Gasteiger partial charge in [-0.3, -0.25) is 4.79 Å². The van der Waals surface area contributed by atoms with E-state index in [0.717, 1.165) is 49.7 Å². The van der Waals surface area contributed by atoms with Gasteiger partial charge in [-0.1, -0.05) is 37.9 Å². The molecule has 1 amide bonds. The summed E-state index contributed by atoms with van der Waals surface area (Å²) in [7, 11) is 0. The highest BCUT2D eigenvalue weighted by molar-refractivity contribution is 7.99. The zero-order chi connectivity index (χ0) is 16.6. The second-order valence-electron chi connectivity index (χ2n) is 4.98. The molecule has 124 valence electrons. The SMILES string of the molecule is CCCCCC(C)NC(=O)CSc1nccc(C(F)(F)F)n1. The maximum Gasteiger partial charge on any atom is 0.433 e. The molecule has 1 rings (SSSR count). The summed E-state index contributed by atoms with van der Waals surface area (Å²) >= 11 is 0.895. The number of rotatable bonds is 8. The van der Waals surface area contributed by atoms with Crippen LogP contribution in [0.15, 0.2) is 17.4 Å². The van der Waals surface area contributed by atoms with Gasteiger partial charge >= 0.3 is 6.18 Å². The molecule has 1 atom stereocenters. The zero-order valence-corrected chi connectivity index (χ0v) is 13.4. The van der Waals surface area contributed by atoms with Crippen molar-refractivity contribution in [2.24, 2.45) is 0 Å². The van der Waals surface area contributed by atoms with Gasteiger partial charge in [0, 0.05) is 12.2 Å². The quantitative estimate of drug-likeness (QED) is 0.447. The Morgan fingerprint density at radius 3 is 2.77 bits per heavy atom. The summed E-state index contributed by atoms with van der Waals surface area (Å²) in [5, 5.41) is 2.76. The van der Waals surface area contributed by atoms with E-state index >= 15 is 0 Å². The number of alkyl halides is 3. The van der Waals surface area contributed by atoms with Crippen molar-refractivity contribution < 1.29 is 18.0 Å². The number of nitrogens with zero attached hydrogens (tertiary/aromatic N) is 2. The smallest absolute Gasteiger partial charge is 0.353 e. The summed E-state index contributed by atoms with van der Waals surface area (Å²) in [6.45, 7) is 4.02. The Morgan fingerprint density at radius 1 is 1.41 bits per heavy atom. The average molecular weight is 335 g/mol. The normalized spacial score (nSPS) is 13.0. The summed E-state index contributed by atoms with van der Waals surface area (Å²) in [5.41, 5.74) is -1.00. The number of hydrogen-bond donors (Lipinski definition) is 1. The molecule has 4 nitrogen and oxygen atoms in total. The molecule has 22 heavy (non-hydrogen) atoms. The number of thioether (sulfide) groups is 1. The lowest BCUT2D eigenvalue weighted by molar-refractivity contribution is -0.141. The van der Waals surface area contributed by atoms with Crippen LogP contribution in [0.4, 0.5) is 13.2 Å². The van der Waals surface area contributed by atoms with Crippen LogP contribution in [0.2, 0.25) is 0 Å². The number of carbonyl (C=O) groups is 1. The Bertz CT molecular complexity index is 483. The van der Waals surface area contributed by atoms with Crippen molar-refractivity contribution in [3.8, 4) is 0 Å². The molecule has 1 unspecified atom stereocenters. The van der Waals surface area contributed by atoms with E-state index in [1.807, 2.05) is 6.92 Å². The van der Waals surface area contributed by atoms with Crippen LogP contribution >= 0.6 is 11.8 Å². The third kappa shape index (κ3) is 7.11. The fourth-order valence-corrected chi connectivity index (χ4v) is 2.43. The fourth-order valence-electron chi connectivity index (χ4n) is 1.79. The largest absolute Gasteiger partial charge is 0.433 e. The van der Waals surface area contributed by atoms with Gasteiger partial charge in [-0.2, -0.15) is 13.2 Å². The van der Waals surface area contributed by atoms with Crippen LogP contribution in [-0.4, -0.2) is 27.7 Å². The summed E-state index contributed by atoms with van der Waals surface area (Å²) < 4.78 is 37.5. The Morgan fingerprint density at radius 2 is 2.14 bits per heavy atom. The standard InChI is InChI=1S/C14H20F3N3OS/c1-3-4-5-6-10(2)19-12(21)9-22-13-18-8-7-11(20-13)14(15,16)17/h7-8,10H,3-6,9H2,1-2H3,(H,19,21). The number of nitrogens with one attached hydrogen (secondary N) is 1. The molecule has 0 aromatic carbocycles. The van der Waals surface area contributed by atoms with Crippen LogP contribution in [-0.2, 0) is 11.0 Å². The van der Waals surface area contributed by atoms with Gasteiger partial charge in [-0.15, -0.1) is 0 Å². The summed E-state index contributed by atoms with van der Waals surface area (Å²) in [4.78, 5) is 18.9. The lowest BCUT2D eigenvalue weighted by Gasteiger charge is -2.13. The van der Waals surface area contributed by atoms with Crippen molar-refractivity contribution in [1.82, 2.24) is 15.3 Å². The van der Waals surface area contributed by atoms with Crippen molar-refractivity contribution in [2.45, 2.75) is 56.9 Å². The minimum atomic E-state index is -4.51. The molecule has 8 heteroatoms. The molecule has 1 aromatic rings. The summed E-state index contributed by atoms with van der Waals surface area (Å²) in [5.74, 6) is -0.227. The minimum Gasteiger partial charge on any atom is -0.353 e. The van der Waals surface area contributed by atoms with Crippen LogP contribution in [0.1, 0.15) is 45.2 Å². The topological polar surface area (TPSA) is 54.9 Å². The van der Waals surface area contributed by atoms with E-state index in [2.05, 4.69) is 22.2 Å². The van der Waals surface area contributed by atoms with Gasteiger partial charge in [0.25, 0.3) is 0 Å². The Labute approximate surface area is 132 Å². The average Bonchev–Trinajstić information content (AvgIpc) is 2.45. The molecule has 0 aliphatic heterocycles. The second kappa shape index (κ2) is 8.97. The third-order valence-corrected chi connectivity index (χ3v) is 3.77. The molecule has 0 saturated carbocycles. The van der Waals surface area contributed by atoms with Crippen LogP contribution in [0, 0.1) is 0 Å². The Balaban J connectivity index is 2.41. The molecule has 0 saturated heterocycles. The van der Waals surface area contributed by atoms with Crippen LogP contribution < -0.4 is 5.32 Å². The van der Waals surface area contributed by atoms with Gasteiger partial charge in [-0.05, 0) is 19.4 Å². The molecular formula is C14H20F3N3OS. The minimum absolute atomic E-state index is 0.000567. The van der Waals surface area contributed by atoms with Gasteiger partial charge < -0.3 is 5.32 Å². The second-order valence-corrected chi connectivity index (χ2v) is 5.92. The van der Waals surface area contributed by atoms with Crippen LogP contribution in [0.25, 0.3) is 0 Å². The molecular weight excluding hydrogens is 315 g/mol. The fraction of sp³-hybridized carbons (Fsp3) is 0.643. The number of halogens is 3. The molecule has 1 heterocycles. The zero-order valence-electron chi connectivity index (χ0n) is 12.6. The molecule has 0 spiro atoms. The molecule has 0 radical (unpaired) electrons. The molecule has 1 aromatic heterocycles. The highest BCUT2D eigenvalue weighted by Crippen LogP contribution is 2.28. The predicted octanol–water partition coefficient (Wildman–Crippen LogP) is 3.67. The number of aromatic nitrogens is 2. The van der Waals surface area contributed by atoms with E-state index in [-0.39, 0.29) is 22.9 Å². The van der Waals surface area contributed by atoms with Gasteiger partial charge in [0.05, 0.1) is 5.75 Å². The first-order valence-electron chi connectivity index (χ1n) is 7.15. The number of amides is 1. The van der Waals surface area contributed by atoms with E-state index in [4.69, 9.17) is 0 Å². The molecule has 0 aliphatic rings. The van der Waals surface area contributed by atoms with E-state index in [1.54, 1.807) is 0 Å².